The third kappa shape index (κ3) is 1.11. The second-order valence-electron chi connectivity index (χ2n) is 3.47. The molecule has 0 radical (unpaired) electrons. The summed E-state index contributed by atoms with van der Waals surface area (Å²) in [6.45, 7) is 0.0428. The maximum atomic E-state index is 11.3. The number of hydrogen-bond donors (Lipinski definition) is 1. The Morgan fingerprint density at radius 1 is 1.54 bits per heavy atom. The van der Waals surface area contributed by atoms with Gasteiger partial charge in [0, 0.05) is 0 Å². The molecule has 0 spiro atoms. The molecule has 2 rings (SSSR count). The van der Waals surface area contributed by atoms with Crippen molar-refractivity contribution in [2.24, 2.45) is 17.6 Å². The first kappa shape index (κ1) is 8.20. The smallest absolute Gasteiger partial charge is 0.233 e. The second-order valence-corrected chi connectivity index (χ2v) is 3.47. The Labute approximate surface area is 75.1 Å². The van der Waals surface area contributed by atoms with Gasteiger partial charge in [-0.3, -0.25) is 14.5 Å². The van der Waals surface area contributed by atoms with Crippen molar-refractivity contribution in [2.45, 2.75) is 12.5 Å². The molecule has 0 aromatic heterocycles. The zero-order chi connectivity index (χ0) is 9.59. The molecule has 2 N–H and O–H groups in total. The number of piperidine rings is 1. The average molecular weight is 179 g/mol. The van der Waals surface area contributed by atoms with E-state index in [2.05, 4.69) is 0 Å². The minimum absolute atomic E-state index is 0.0428. The quantitative estimate of drug-likeness (QED) is 0.542. The summed E-state index contributed by atoms with van der Waals surface area (Å²) < 4.78 is 0. The van der Waals surface area contributed by atoms with E-state index >= 15 is 0 Å². The maximum Gasteiger partial charge on any atom is 0.233 e. The highest BCUT2D eigenvalue weighted by molar-refractivity contribution is 6.08. The van der Waals surface area contributed by atoms with Crippen LogP contribution in [0.15, 0.2) is 0 Å². The fourth-order valence-corrected chi connectivity index (χ4v) is 1.67. The number of carbonyl (C=O) groups excluding carboxylic acids is 2. The first-order valence-corrected chi connectivity index (χ1v) is 4.15. The first-order chi connectivity index (χ1) is 6.15. The Kier molecular flexibility index (Phi) is 1.60. The SMILES string of the molecule is N#CC(N)CN1C(=O)C2CC2C1=O. The summed E-state index contributed by atoms with van der Waals surface area (Å²) in [6, 6.07) is 1.04. The molecule has 2 fully saturated rings. The van der Waals surface area contributed by atoms with Crippen LogP contribution in [0.5, 0.6) is 0 Å². The van der Waals surface area contributed by atoms with E-state index in [1.165, 1.54) is 0 Å². The van der Waals surface area contributed by atoms with E-state index in [1.54, 1.807) is 6.07 Å². The predicted octanol–water partition coefficient (Wildman–Crippen LogP) is -1.16. The van der Waals surface area contributed by atoms with Crippen molar-refractivity contribution in [2.75, 3.05) is 6.54 Å². The highest BCUT2D eigenvalue weighted by Gasteiger charge is 2.58. The minimum Gasteiger partial charge on any atom is -0.314 e. The van der Waals surface area contributed by atoms with Gasteiger partial charge in [0.1, 0.15) is 6.04 Å². The summed E-state index contributed by atoms with van der Waals surface area (Å²) in [5, 5.41) is 8.42. The van der Waals surface area contributed by atoms with Gasteiger partial charge in [0.25, 0.3) is 0 Å². The Bertz CT molecular complexity index is 300. The molecule has 5 heteroatoms. The molecule has 0 aromatic carbocycles. The lowest BCUT2D eigenvalue weighted by atomic mass is 10.3. The largest absolute Gasteiger partial charge is 0.314 e. The van der Waals surface area contributed by atoms with Gasteiger partial charge in [0.05, 0.1) is 24.4 Å². The van der Waals surface area contributed by atoms with E-state index in [1.807, 2.05) is 0 Å². The predicted molar refractivity (Wildman–Crippen MR) is 41.9 cm³/mol. The van der Waals surface area contributed by atoms with Gasteiger partial charge < -0.3 is 5.73 Å². The molecule has 1 heterocycles. The number of nitrogens with zero attached hydrogens (tertiary/aromatic N) is 2. The number of nitriles is 1. The van der Waals surface area contributed by atoms with Gasteiger partial charge in [0.2, 0.25) is 11.8 Å². The number of rotatable bonds is 2. The van der Waals surface area contributed by atoms with Gasteiger partial charge in [-0.25, -0.2) is 0 Å². The lowest BCUT2D eigenvalue weighted by Crippen LogP contribution is -2.41. The Balaban J connectivity index is 2.05. The van der Waals surface area contributed by atoms with Crippen molar-refractivity contribution < 1.29 is 9.59 Å². The standard InChI is InChI=1S/C8H9N3O2/c9-2-4(10)3-11-7(12)5-1-6(5)8(11)13/h4-6H,1,3,10H2. The summed E-state index contributed by atoms with van der Waals surface area (Å²) in [5.74, 6) is -0.502. The number of amides is 2. The summed E-state index contributed by atoms with van der Waals surface area (Å²) in [5.41, 5.74) is 5.33. The van der Waals surface area contributed by atoms with E-state index < -0.39 is 6.04 Å². The number of carbonyl (C=O) groups is 2. The van der Waals surface area contributed by atoms with Crippen LogP contribution in [0.4, 0.5) is 0 Å². The Morgan fingerprint density at radius 2 is 2.08 bits per heavy atom. The summed E-state index contributed by atoms with van der Waals surface area (Å²) in [6.07, 6.45) is 0.690. The van der Waals surface area contributed by atoms with E-state index in [0.717, 1.165) is 4.90 Å². The zero-order valence-electron chi connectivity index (χ0n) is 6.93. The van der Waals surface area contributed by atoms with Gasteiger partial charge in [0.15, 0.2) is 0 Å². The molecule has 1 aliphatic heterocycles. The summed E-state index contributed by atoms with van der Waals surface area (Å²) >= 11 is 0. The molecule has 3 atom stereocenters. The number of hydrogen-bond acceptors (Lipinski definition) is 4. The highest BCUT2D eigenvalue weighted by atomic mass is 16.2. The van der Waals surface area contributed by atoms with E-state index in [9.17, 15) is 9.59 Å². The fraction of sp³-hybridized carbons (Fsp3) is 0.625. The van der Waals surface area contributed by atoms with Gasteiger partial charge in [-0.15, -0.1) is 0 Å². The van der Waals surface area contributed by atoms with Crippen molar-refractivity contribution in [3.05, 3.63) is 0 Å². The molecule has 13 heavy (non-hydrogen) atoms. The van der Waals surface area contributed by atoms with Crippen molar-refractivity contribution in [3.63, 3.8) is 0 Å². The molecule has 0 aromatic rings. The lowest BCUT2D eigenvalue weighted by molar-refractivity contribution is -0.141. The van der Waals surface area contributed by atoms with Crippen LogP contribution >= 0.6 is 0 Å². The van der Waals surface area contributed by atoms with Crippen molar-refractivity contribution >= 4 is 11.8 Å². The Hall–Kier alpha value is -1.41. The molecular formula is C8H9N3O2. The third-order valence-electron chi connectivity index (χ3n) is 2.50. The van der Waals surface area contributed by atoms with Crippen molar-refractivity contribution in [1.29, 1.82) is 5.26 Å². The second kappa shape index (κ2) is 2.54. The van der Waals surface area contributed by atoms with Crippen molar-refractivity contribution in [3.8, 4) is 6.07 Å². The molecule has 2 amide bonds. The first-order valence-electron chi connectivity index (χ1n) is 4.15. The molecule has 68 valence electrons. The number of imide groups is 1. The molecule has 1 aliphatic carbocycles. The molecule has 1 saturated carbocycles. The van der Waals surface area contributed by atoms with Crippen LogP contribution in [0.25, 0.3) is 0 Å². The van der Waals surface area contributed by atoms with Crippen LogP contribution in [-0.4, -0.2) is 29.3 Å². The molecule has 1 saturated heterocycles. The number of nitrogens with two attached hydrogens (primary N) is 1. The van der Waals surface area contributed by atoms with E-state index in [-0.39, 0.29) is 30.2 Å². The van der Waals surface area contributed by atoms with Gasteiger partial charge >= 0.3 is 0 Å². The van der Waals surface area contributed by atoms with Crippen molar-refractivity contribution in [1.82, 2.24) is 4.90 Å². The zero-order valence-corrected chi connectivity index (χ0v) is 6.93. The molecular weight excluding hydrogens is 170 g/mol. The normalized spacial score (nSPS) is 32.8. The average Bonchev–Trinajstić information content (AvgIpc) is 2.86. The van der Waals surface area contributed by atoms with E-state index in [4.69, 9.17) is 11.0 Å². The van der Waals surface area contributed by atoms with Gasteiger partial charge in [-0.2, -0.15) is 5.26 Å². The van der Waals surface area contributed by atoms with Gasteiger partial charge in [-0.05, 0) is 6.42 Å². The number of fused-ring (bicyclic) bond motifs is 1. The molecule has 0 bridgehead atoms. The van der Waals surface area contributed by atoms with Crippen LogP contribution < -0.4 is 5.73 Å². The van der Waals surface area contributed by atoms with Crippen LogP contribution in [0.2, 0.25) is 0 Å². The van der Waals surface area contributed by atoms with Crippen LogP contribution in [0, 0.1) is 23.2 Å². The lowest BCUT2D eigenvalue weighted by Gasteiger charge is -2.16. The number of likely N-dealkylation sites (tertiary alicyclic amines) is 1. The monoisotopic (exact) mass is 179 g/mol. The van der Waals surface area contributed by atoms with Crippen LogP contribution in [0.3, 0.4) is 0 Å². The molecule has 2 aliphatic rings. The molecule has 3 unspecified atom stereocenters. The van der Waals surface area contributed by atoms with Crippen LogP contribution in [0.1, 0.15) is 6.42 Å². The topological polar surface area (TPSA) is 87.2 Å². The molecule has 5 nitrogen and oxygen atoms in total. The Morgan fingerprint density at radius 3 is 2.54 bits per heavy atom. The summed E-state index contributed by atoms with van der Waals surface area (Å²) in [4.78, 5) is 23.8. The van der Waals surface area contributed by atoms with Crippen LogP contribution in [-0.2, 0) is 9.59 Å². The maximum absolute atomic E-state index is 11.3. The fourth-order valence-electron chi connectivity index (χ4n) is 1.67. The van der Waals surface area contributed by atoms with Gasteiger partial charge in [-0.1, -0.05) is 0 Å². The highest BCUT2D eigenvalue weighted by Crippen LogP contribution is 2.46. The minimum atomic E-state index is -0.759. The van der Waals surface area contributed by atoms with E-state index in [0.29, 0.717) is 6.42 Å². The third-order valence-corrected chi connectivity index (χ3v) is 2.50. The summed E-state index contributed by atoms with van der Waals surface area (Å²) in [7, 11) is 0.